The molecule has 0 spiro atoms. The Kier molecular flexibility index (Phi) is 5.82. The number of ether oxygens (including phenoxy) is 3. The molecule has 1 aliphatic rings. The van der Waals surface area contributed by atoms with Gasteiger partial charge in [-0.15, -0.1) is 23.1 Å². The fraction of sp³-hybridized carbons (Fsp3) is 0.190. The van der Waals surface area contributed by atoms with E-state index >= 15 is 0 Å². The molecule has 0 saturated carbocycles. The lowest BCUT2D eigenvalue weighted by Crippen LogP contribution is -2.15. The van der Waals surface area contributed by atoms with Gasteiger partial charge >= 0.3 is 5.97 Å². The molecule has 0 atom stereocenters. The van der Waals surface area contributed by atoms with Gasteiger partial charge in [-0.25, -0.2) is 9.78 Å². The summed E-state index contributed by atoms with van der Waals surface area (Å²) >= 11 is 3.11. The monoisotopic (exact) mass is 427 g/mol. The largest absolute Gasteiger partial charge is 0.454 e. The molecule has 0 N–H and O–H groups in total. The molecule has 3 aromatic rings. The number of aromatic nitrogens is 1. The quantitative estimate of drug-likeness (QED) is 0.312. The molecule has 0 aliphatic carbocycles. The standard InChI is InChI=1S/C21H17NO5S2/c1-13-22-15(10-28-13)11-29-20-5-3-2-4-16(20)21(24)25-9-17(23)14-6-7-18-19(8-14)27-12-26-18/h2-8,10H,9,11-12H2,1H3. The second-order valence-electron chi connectivity index (χ2n) is 6.21. The maximum atomic E-state index is 12.6. The summed E-state index contributed by atoms with van der Waals surface area (Å²) in [5.74, 6) is 0.933. The maximum Gasteiger partial charge on any atom is 0.339 e. The van der Waals surface area contributed by atoms with Crippen molar-refractivity contribution in [1.82, 2.24) is 4.98 Å². The summed E-state index contributed by atoms with van der Waals surface area (Å²) in [6.45, 7) is 1.75. The van der Waals surface area contributed by atoms with E-state index < -0.39 is 5.97 Å². The second kappa shape index (κ2) is 8.67. The molecule has 8 heteroatoms. The van der Waals surface area contributed by atoms with Gasteiger partial charge < -0.3 is 14.2 Å². The Labute approximate surface area is 175 Å². The predicted molar refractivity (Wildman–Crippen MR) is 110 cm³/mol. The van der Waals surface area contributed by atoms with E-state index in [2.05, 4.69) is 4.98 Å². The number of aryl methyl sites for hydroxylation is 1. The molecule has 29 heavy (non-hydrogen) atoms. The highest BCUT2D eigenvalue weighted by atomic mass is 32.2. The van der Waals surface area contributed by atoms with Crippen molar-refractivity contribution in [2.45, 2.75) is 17.6 Å². The second-order valence-corrected chi connectivity index (χ2v) is 8.29. The van der Waals surface area contributed by atoms with E-state index in [9.17, 15) is 9.59 Å². The van der Waals surface area contributed by atoms with E-state index in [4.69, 9.17) is 14.2 Å². The molecule has 6 nitrogen and oxygen atoms in total. The van der Waals surface area contributed by atoms with Gasteiger partial charge in [0.05, 0.1) is 16.3 Å². The van der Waals surface area contributed by atoms with Crippen LogP contribution in [0.4, 0.5) is 0 Å². The SMILES string of the molecule is Cc1nc(CSc2ccccc2C(=O)OCC(=O)c2ccc3c(c2)OCO3)cs1. The van der Waals surface area contributed by atoms with Crippen molar-refractivity contribution in [3.63, 3.8) is 0 Å². The minimum absolute atomic E-state index is 0.136. The molecule has 1 aromatic heterocycles. The molecule has 148 valence electrons. The van der Waals surface area contributed by atoms with Crippen molar-refractivity contribution in [1.29, 1.82) is 0 Å². The molecular formula is C21H17NO5S2. The van der Waals surface area contributed by atoms with Crippen molar-refractivity contribution in [3.8, 4) is 11.5 Å². The number of carbonyl (C=O) groups is 2. The topological polar surface area (TPSA) is 74.7 Å². The fourth-order valence-electron chi connectivity index (χ4n) is 2.75. The summed E-state index contributed by atoms with van der Waals surface area (Å²) in [6, 6.07) is 12.1. The first-order valence-corrected chi connectivity index (χ1v) is 10.7. The average molecular weight is 428 g/mol. The molecule has 0 radical (unpaired) electrons. The average Bonchev–Trinajstić information content (AvgIpc) is 3.38. The van der Waals surface area contributed by atoms with Crippen LogP contribution in [-0.2, 0) is 10.5 Å². The number of benzene rings is 2. The van der Waals surface area contributed by atoms with Crippen LogP contribution in [-0.4, -0.2) is 30.1 Å². The van der Waals surface area contributed by atoms with Gasteiger partial charge in [-0.1, -0.05) is 12.1 Å². The zero-order chi connectivity index (χ0) is 20.2. The number of thioether (sulfide) groups is 1. The summed E-state index contributed by atoms with van der Waals surface area (Å²) in [4.78, 5) is 30.2. The van der Waals surface area contributed by atoms with E-state index in [0.29, 0.717) is 28.4 Å². The number of hydrogen-bond acceptors (Lipinski definition) is 8. The highest BCUT2D eigenvalue weighted by molar-refractivity contribution is 7.98. The van der Waals surface area contributed by atoms with Crippen molar-refractivity contribution in [3.05, 3.63) is 69.7 Å². The van der Waals surface area contributed by atoms with Crippen molar-refractivity contribution in [2.75, 3.05) is 13.4 Å². The third-order valence-electron chi connectivity index (χ3n) is 4.18. The van der Waals surface area contributed by atoms with Gasteiger partial charge in [0.2, 0.25) is 6.79 Å². The van der Waals surface area contributed by atoms with Gasteiger partial charge in [-0.3, -0.25) is 4.79 Å². The molecule has 4 rings (SSSR count). The third kappa shape index (κ3) is 4.60. The first kappa shape index (κ1) is 19.5. The first-order chi connectivity index (χ1) is 14.1. The van der Waals surface area contributed by atoms with Gasteiger partial charge in [0.25, 0.3) is 0 Å². The van der Waals surface area contributed by atoms with Crippen molar-refractivity contribution in [2.24, 2.45) is 0 Å². The van der Waals surface area contributed by atoms with Crippen LogP contribution in [0.5, 0.6) is 11.5 Å². The maximum absolute atomic E-state index is 12.6. The Bertz CT molecular complexity index is 1060. The Hall–Kier alpha value is -2.84. The summed E-state index contributed by atoms with van der Waals surface area (Å²) in [5, 5.41) is 3.02. The number of thiazole rings is 1. The molecular weight excluding hydrogens is 410 g/mol. The zero-order valence-corrected chi connectivity index (χ0v) is 17.2. The molecule has 0 saturated heterocycles. The van der Waals surface area contributed by atoms with E-state index in [0.717, 1.165) is 15.6 Å². The Morgan fingerprint density at radius 1 is 1.17 bits per heavy atom. The van der Waals surface area contributed by atoms with E-state index in [1.165, 1.54) is 11.8 Å². The third-order valence-corrected chi connectivity index (χ3v) is 6.11. The van der Waals surface area contributed by atoms with E-state index in [-0.39, 0.29) is 19.2 Å². The van der Waals surface area contributed by atoms with E-state index in [1.807, 2.05) is 24.4 Å². The van der Waals surface area contributed by atoms with Gasteiger partial charge in [-0.05, 0) is 37.3 Å². The van der Waals surface area contributed by atoms with Crippen molar-refractivity contribution >= 4 is 34.9 Å². The Balaban J connectivity index is 1.38. The van der Waals surface area contributed by atoms with Crippen LogP contribution in [0.1, 0.15) is 31.4 Å². The highest BCUT2D eigenvalue weighted by Crippen LogP contribution is 2.32. The lowest BCUT2D eigenvalue weighted by atomic mass is 10.1. The van der Waals surface area contributed by atoms with Crippen LogP contribution in [0.2, 0.25) is 0 Å². The highest BCUT2D eigenvalue weighted by Gasteiger charge is 2.19. The Morgan fingerprint density at radius 2 is 2.00 bits per heavy atom. The molecule has 0 amide bonds. The number of esters is 1. The van der Waals surface area contributed by atoms with Gasteiger partial charge in [0.1, 0.15) is 0 Å². The first-order valence-electron chi connectivity index (χ1n) is 8.83. The van der Waals surface area contributed by atoms with E-state index in [1.54, 1.807) is 41.7 Å². The van der Waals surface area contributed by atoms with Crippen LogP contribution in [0, 0.1) is 6.92 Å². The number of carbonyl (C=O) groups excluding carboxylic acids is 2. The number of ketones is 1. The van der Waals surface area contributed by atoms with Crippen LogP contribution >= 0.6 is 23.1 Å². The molecule has 1 aliphatic heterocycles. The van der Waals surface area contributed by atoms with Crippen LogP contribution < -0.4 is 9.47 Å². The number of nitrogens with zero attached hydrogens (tertiary/aromatic N) is 1. The summed E-state index contributed by atoms with van der Waals surface area (Å²) in [5.41, 5.74) is 1.81. The Morgan fingerprint density at radius 3 is 2.83 bits per heavy atom. The fourth-order valence-corrected chi connectivity index (χ4v) is 4.40. The summed E-state index contributed by atoms with van der Waals surface area (Å²) in [7, 11) is 0. The van der Waals surface area contributed by atoms with Crippen LogP contribution in [0.25, 0.3) is 0 Å². The minimum atomic E-state index is -0.531. The van der Waals surface area contributed by atoms with Crippen molar-refractivity contribution < 1.29 is 23.8 Å². The number of hydrogen-bond donors (Lipinski definition) is 0. The minimum Gasteiger partial charge on any atom is -0.454 e. The molecule has 2 aromatic carbocycles. The molecule has 0 unspecified atom stereocenters. The normalized spacial score (nSPS) is 12.0. The lowest BCUT2D eigenvalue weighted by molar-refractivity contribution is 0.0471. The van der Waals surface area contributed by atoms with Gasteiger partial charge in [0, 0.05) is 21.6 Å². The predicted octanol–water partition coefficient (Wildman–Crippen LogP) is 4.51. The summed E-state index contributed by atoms with van der Waals surface area (Å²) < 4.78 is 15.8. The van der Waals surface area contributed by atoms with Gasteiger partial charge in [-0.2, -0.15) is 0 Å². The lowest BCUT2D eigenvalue weighted by Gasteiger charge is -2.09. The smallest absolute Gasteiger partial charge is 0.339 e. The summed E-state index contributed by atoms with van der Waals surface area (Å²) in [6.07, 6.45) is 0. The zero-order valence-electron chi connectivity index (χ0n) is 15.5. The number of rotatable bonds is 7. The molecule has 2 heterocycles. The molecule has 0 bridgehead atoms. The number of Topliss-reactive ketones (excluding diaryl/α,β-unsaturated/α-hetero) is 1. The molecule has 0 fully saturated rings. The van der Waals surface area contributed by atoms with Crippen LogP contribution in [0.3, 0.4) is 0 Å². The van der Waals surface area contributed by atoms with Crippen LogP contribution in [0.15, 0.2) is 52.7 Å². The number of fused-ring (bicyclic) bond motifs is 1. The van der Waals surface area contributed by atoms with Gasteiger partial charge in [0.15, 0.2) is 23.9 Å².